The van der Waals surface area contributed by atoms with E-state index in [4.69, 9.17) is 0 Å². The molecular weight excluding hydrogens is 397 g/mol. The molecule has 0 aliphatic rings. The highest BCUT2D eigenvalue weighted by molar-refractivity contribution is 14.1. The van der Waals surface area contributed by atoms with Crippen LogP contribution in [-0.2, 0) is 13.0 Å². The summed E-state index contributed by atoms with van der Waals surface area (Å²) in [7, 11) is 0. The zero-order valence-electron chi connectivity index (χ0n) is 11.5. The number of hydrogen-bond acceptors (Lipinski definition) is 5. The van der Waals surface area contributed by atoms with Crippen molar-refractivity contribution in [3.63, 3.8) is 0 Å². The van der Waals surface area contributed by atoms with Crippen molar-refractivity contribution in [3.8, 4) is 11.4 Å². The Morgan fingerprint density at radius 1 is 1.29 bits per heavy atom. The minimum Gasteiger partial charge on any atom is -0.244 e. The number of rotatable bonds is 5. The molecule has 0 N–H and O–H groups in total. The summed E-state index contributed by atoms with van der Waals surface area (Å²) < 4.78 is 1.12. The first-order valence-electron chi connectivity index (χ1n) is 6.72. The molecule has 0 spiro atoms. The van der Waals surface area contributed by atoms with Gasteiger partial charge in [0.2, 0.25) is 5.82 Å². The molecule has 1 aromatic carbocycles. The van der Waals surface area contributed by atoms with Crippen LogP contribution in [0.25, 0.3) is 11.4 Å². The molecule has 0 atom stereocenters. The molecular formula is C14H14IN5S. The van der Waals surface area contributed by atoms with Crippen LogP contribution in [0.2, 0.25) is 0 Å². The van der Waals surface area contributed by atoms with Crippen LogP contribution in [0.4, 0.5) is 0 Å². The van der Waals surface area contributed by atoms with E-state index in [2.05, 4.69) is 55.3 Å². The SMILES string of the molecule is CCCc1nc(Cn2nnc(-c3ccccc3I)n2)cs1. The first-order chi connectivity index (χ1) is 10.3. The van der Waals surface area contributed by atoms with Gasteiger partial charge in [-0.2, -0.15) is 4.80 Å². The van der Waals surface area contributed by atoms with E-state index in [-0.39, 0.29) is 0 Å². The third kappa shape index (κ3) is 3.46. The zero-order chi connectivity index (χ0) is 14.7. The molecule has 0 amide bonds. The van der Waals surface area contributed by atoms with Crippen LogP contribution in [0.15, 0.2) is 29.6 Å². The number of thiazole rings is 1. The molecule has 0 aliphatic carbocycles. The van der Waals surface area contributed by atoms with Crippen molar-refractivity contribution >= 4 is 33.9 Å². The lowest BCUT2D eigenvalue weighted by molar-refractivity contribution is 0.565. The van der Waals surface area contributed by atoms with Crippen molar-refractivity contribution in [1.29, 1.82) is 0 Å². The molecule has 3 rings (SSSR count). The van der Waals surface area contributed by atoms with Crippen molar-refractivity contribution in [2.45, 2.75) is 26.3 Å². The van der Waals surface area contributed by atoms with E-state index >= 15 is 0 Å². The van der Waals surface area contributed by atoms with Gasteiger partial charge in [-0.05, 0) is 52.8 Å². The third-order valence-corrected chi connectivity index (χ3v) is 4.83. The number of benzene rings is 1. The Bertz CT molecular complexity index is 736. The first kappa shape index (κ1) is 14.6. The van der Waals surface area contributed by atoms with E-state index in [9.17, 15) is 0 Å². The summed E-state index contributed by atoms with van der Waals surface area (Å²) in [6, 6.07) is 8.02. The summed E-state index contributed by atoms with van der Waals surface area (Å²) in [5.74, 6) is 0.656. The summed E-state index contributed by atoms with van der Waals surface area (Å²) in [6.45, 7) is 2.73. The fraction of sp³-hybridized carbons (Fsp3) is 0.286. The fourth-order valence-electron chi connectivity index (χ4n) is 1.96. The maximum Gasteiger partial charge on any atom is 0.205 e. The highest BCUT2D eigenvalue weighted by Crippen LogP contribution is 2.21. The third-order valence-electron chi connectivity index (χ3n) is 2.93. The number of hydrogen-bond donors (Lipinski definition) is 0. The van der Waals surface area contributed by atoms with Crippen LogP contribution in [0, 0.1) is 3.57 Å². The summed E-state index contributed by atoms with van der Waals surface area (Å²) in [4.78, 5) is 6.18. The lowest BCUT2D eigenvalue weighted by Gasteiger charge is -1.97. The van der Waals surface area contributed by atoms with Gasteiger partial charge in [-0.1, -0.05) is 19.1 Å². The largest absolute Gasteiger partial charge is 0.244 e. The average molecular weight is 411 g/mol. The molecule has 0 radical (unpaired) electrons. The van der Waals surface area contributed by atoms with Crippen molar-refractivity contribution in [1.82, 2.24) is 25.2 Å². The van der Waals surface area contributed by atoms with Crippen molar-refractivity contribution in [3.05, 3.63) is 43.9 Å². The number of aromatic nitrogens is 5. The highest BCUT2D eigenvalue weighted by atomic mass is 127. The lowest BCUT2D eigenvalue weighted by Crippen LogP contribution is -2.04. The molecule has 21 heavy (non-hydrogen) atoms. The van der Waals surface area contributed by atoms with Gasteiger partial charge in [0, 0.05) is 14.5 Å². The summed E-state index contributed by atoms with van der Waals surface area (Å²) >= 11 is 3.98. The predicted molar refractivity (Wildman–Crippen MR) is 91.2 cm³/mol. The van der Waals surface area contributed by atoms with Gasteiger partial charge >= 0.3 is 0 Å². The molecule has 0 aliphatic heterocycles. The Labute approximate surface area is 140 Å². The van der Waals surface area contributed by atoms with Crippen LogP contribution in [0.3, 0.4) is 0 Å². The van der Waals surface area contributed by atoms with E-state index in [1.807, 2.05) is 24.3 Å². The predicted octanol–water partition coefficient (Wildman–Crippen LogP) is 3.40. The van der Waals surface area contributed by atoms with E-state index in [0.717, 1.165) is 27.7 Å². The van der Waals surface area contributed by atoms with E-state index in [0.29, 0.717) is 12.4 Å². The second-order valence-corrected chi connectivity index (χ2v) is 6.71. The Morgan fingerprint density at radius 3 is 2.95 bits per heavy atom. The molecule has 3 aromatic rings. The normalized spacial score (nSPS) is 11.0. The van der Waals surface area contributed by atoms with Gasteiger partial charge < -0.3 is 0 Å². The smallest absolute Gasteiger partial charge is 0.205 e. The molecule has 2 aromatic heterocycles. The Kier molecular flexibility index (Phi) is 4.59. The van der Waals surface area contributed by atoms with Gasteiger partial charge in [-0.15, -0.1) is 21.5 Å². The molecule has 7 heteroatoms. The second-order valence-electron chi connectivity index (χ2n) is 4.61. The van der Waals surface area contributed by atoms with Crippen molar-refractivity contribution in [2.24, 2.45) is 0 Å². The zero-order valence-corrected chi connectivity index (χ0v) is 14.5. The van der Waals surface area contributed by atoms with E-state index in [1.54, 1.807) is 16.1 Å². The van der Waals surface area contributed by atoms with Crippen LogP contribution in [0.5, 0.6) is 0 Å². The minimum absolute atomic E-state index is 0.566. The van der Waals surface area contributed by atoms with Gasteiger partial charge in [-0.25, -0.2) is 4.98 Å². The number of tetrazole rings is 1. The van der Waals surface area contributed by atoms with Crippen LogP contribution in [-0.4, -0.2) is 25.2 Å². The summed E-state index contributed by atoms with van der Waals surface area (Å²) in [6.07, 6.45) is 2.15. The fourth-order valence-corrected chi connectivity index (χ4v) is 3.48. The standard InChI is InChI=1S/C14H14IN5S/c1-2-5-13-16-10(9-21-13)8-20-18-14(17-19-20)11-6-3-4-7-12(11)15/h3-4,6-7,9H,2,5,8H2,1H3. The highest BCUT2D eigenvalue weighted by Gasteiger charge is 2.10. The number of halogens is 1. The topological polar surface area (TPSA) is 56.5 Å². The van der Waals surface area contributed by atoms with Gasteiger partial charge in [0.1, 0.15) is 6.54 Å². The van der Waals surface area contributed by atoms with Gasteiger partial charge in [-0.3, -0.25) is 0 Å². The van der Waals surface area contributed by atoms with Gasteiger partial charge in [0.25, 0.3) is 0 Å². The van der Waals surface area contributed by atoms with Crippen LogP contribution < -0.4 is 0 Å². The van der Waals surface area contributed by atoms with Crippen LogP contribution >= 0.6 is 33.9 Å². The summed E-state index contributed by atoms with van der Waals surface area (Å²) in [5, 5.41) is 15.9. The quantitative estimate of drug-likeness (QED) is 0.604. The number of nitrogens with zero attached hydrogens (tertiary/aromatic N) is 5. The monoisotopic (exact) mass is 411 g/mol. The molecule has 0 unspecified atom stereocenters. The van der Waals surface area contributed by atoms with E-state index in [1.165, 1.54) is 5.01 Å². The molecule has 2 heterocycles. The second kappa shape index (κ2) is 6.61. The lowest BCUT2D eigenvalue weighted by atomic mass is 10.2. The van der Waals surface area contributed by atoms with E-state index < -0.39 is 0 Å². The number of aryl methyl sites for hydroxylation is 1. The first-order valence-corrected chi connectivity index (χ1v) is 8.68. The molecule has 5 nitrogen and oxygen atoms in total. The van der Waals surface area contributed by atoms with Gasteiger partial charge in [0.15, 0.2) is 0 Å². The molecule has 108 valence electrons. The molecule has 0 saturated carbocycles. The Balaban J connectivity index is 1.77. The minimum atomic E-state index is 0.566. The summed E-state index contributed by atoms with van der Waals surface area (Å²) in [5.41, 5.74) is 2.00. The Hall–Kier alpha value is -1.35. The van der Waals surface area contributed by atoms with Crippen LogP contribution in [0.1, 0.15) is 24.0 Å². The maximum absolute atomic E-state index is 4.58. The Morgan fingerprint density at radius 2 is 2.14 bits per heavy atom. The molecule has 0 saturated heterocycles. The molecule has 0 fully saturated rings. The maximum atomic E-state index is 4.58. The average Bonchev–Trinajstić information content (AvgIpc) is 3.10. The van der Waals surface area contributed by atoms with Crippen molar-refractivity contribution in [2.75, 3.05) is 0 Å². The molecule has 0 bridgehead atoms. The van der Waals surface area contributed by atoms with Crippen molar-refractivity contribution < 1.29 is 0 Å². The van der Waals surface area contributed by atoms with Gasteiger partial charge in [0.05, 0.1) is 10.7 Å².